The second kappa shape index (κ2) is 4.48. The van der Waals surface area contributed by atoms with Crippen LogP contribution in [0.5, 0.6) is 0 Å². The summed E-state index contributed by atoms with van der Waals surface area (Å²) < 4.78 is 0. The maximum absolute atomic E-state index is 11.0. The predicted molar refractivity (Wildman–Crippen MR) is 76.4 cm³/mol. The molecule has 0 atom stereocenters. The Hall–Kier alpha value is -2.20. The van der Waals surface area contributed by atoms with Crippen molar-refractivity contribution in [1.82, 2.24) is 9.97 Å². The van der Waals surface area contributed by atoms with Crippen molar-refractivity contribution in [2.24, 2.45) is 0 Å². The fraction of sp³-hybridized carbons (Fsp3) is 0.0714. The molecule has 1 amide bonds. The minimum Gasteiger partial charge on any atom is -0.326 e. The highest BCUT2D eigenvalue weighted by atomic mass is 35.5. The molecule has 5 heteroatoms. The first-order valence-corrected chi connectivity index (χ1v) is 6.15. The van der Waals surface area contributed by atoms with Crippen LogP contribution < -0.4 is 5.32 Å². The van der Waals surface area contributed by atoms with Gasteiger partial charge in [-0.1, -0.05) is 17.7 Å². The zero-order valence-electron chi connectivity index (χ0n) is 10.1. The Labute approximate surface area is 114 Å². The molecule has 94 valence electrons. The highest BCUT2D eigenvalue weighted by Crippen LogP contribution is 2.24. The summed E-state index contributed by atoms with van der Waals surface area (Å²) in [6.07, 6.45) is 0. The van der Waals surface area contributed by atoms with Crippen molar-refractivity contribution >= 4 is 45.3 Å². The van der Waals surface area contributed by atoms with Crippen LogP contribution in [-0.2, 0) is 4.79 Å². The monoisotopic (exact) mass is 271 g/mol. The maximum Gasteiger partial charge on any atom is 0.221 e. The smallest absolute Gasteiger partial charge is 0.221 e. The second-order valence-electron chi connectivity index (χ2n) is 4.22. The third-order valence-corrected chi connectivity index (χ3v) is 3.04. The van der Waals surface area contributed by atoms with Gasteiger partial charge >= 0.3 is 0 Å². The number of hydrogen-bond donors (Lipinski definition) is 1. The number of amides is 1. The fourth-order valence-corrected chi connectivity index (χ4v) is 2.16. The molecule has 0 radical (unpaired) electrons. The quantitative estimate of drug-likeness (QED) is 0.690. The SMILES string of the molecule is CC(=O)Nc1ccc2nc3c(Cl)cccc3nc2c1. The van der Waals surface area contributed by atoms with Crippen molar-refractivity contribution in [3.05, 3.63) is 41.4 Å². The molecule has 1 N–H and O–H groups in total. The maximum atomic E-state index is 11.0. The van der Waals surface area contributed by atoms with E-state index in [4.69, 9.17) is 11.6 Å². The van der Waals surface area contributed by atoms with Gasteiger partial charge in [-0.3, -0.25) is 4.79 Å². The molecule has 0 fully saturated rings. The molecule has 1 heterocycles. The molecule has 3 rings (SSSR count). The number of rotatable bonds is 1. The van der Waals surface area contributed by atoms with Crippen molar-refractivity contribution in [3.8, 4) is 0 Å². The number of para-hydroxylation sites is 1. The molecule has 0 aliphatic heterocycles. The Morgan fingerprint density at radius 2 is 1.95 bits per heavy atom. The molecule has 3 aromatic rings. The minimum absolute atomic E-state index is 0.115. The number of anilines is 1. The number of nitrogens with one attached hydrogen (secondary N) is 1. The lowest BCUT2D eigenvalue weighted by Gasteiger charge is -2.05. The van der Waals surface area contributed by atoms with Crippen LogP contribution in [-0.4, -0.2) is 15.9 Å². The van der Waals surface area contributed by atoms with E-state index in [9.17, 15) is 4.79 Å². The van der Waals surface area contributed by atoms with E-state index in [-0.39, 0.29) is 5.91 Å². The molecule has 0 bridgehead atoms. The molecule has 19 heavy (non-hydrogen) atoms. The standard InChI is InChI=1S/C14H10ClN3O/c1-8(19)16-9-5-6-11-13(7-9)17-12-4-2-3-10(15)14(12)18-11/h2-7H,1H3,(H,16,19). The van der Waals surface area contributed by atoms with Crippen molar-refractivity contribution in [3.63, 3.8) is 0 Å². The highest BCUT2D eigenvalue weighted by molar-refractivity contribution is 6.35. The lowest BCUT2D eigenvalue weighted by Crippen LogP contribution is -2.05. The van der Waals surface area contributed by atoms with Crippen LogP contribution in [0.4, 0.5) is 5.69 Å². The van der Waals surface area contributed by atoms with E-state index in [1.54, 1.807) is 18.2 Å². The number of nitrogens with zero attached hydrogens (tertiary/aromatic N) is 2. The van der Waals surface area contributed by atoms with Crippen molar-refractivity contribution in [2.45, 2.75) is 6.92 Å². The Morgan fingerprint density at radius 1 is 1.11 bits per heavy atom. The number of hydrogen-bond acceptors (Lipinski definition) is 3. The average Bonchev–Trinajstić information content (AvgIpc) is 2.36. The molecule has 0 saturated carbocycles. The average molecular weight is 272 g/mol. The third-order valence-electron chi connectivity index (χ3n) is 2.73. The third kappa shape index (κ3) is 2.22. The van der Waals surface area contributed by atoms with Gasteiger partial charge in [-0.2, -0.15) is 0 Å². The number of benzene rings is 2. The molecule has 0 unspecified atom stereocenters. The first-order chi connectivity index (χ1) is 9.13. The van der Waals surface area contributed by atoms with Gasteiger partial charge in [-0.05, 0) is 30.3 Å². The van der Waals surface area contributed by atoms with Crippen LogP contribution >= 0.6 is 11.6 Å². The first-order valence-electron chi connectivity index (χ1n) is 5.77. The van der Waals surface area contributed by atoms with E-state index in [1.807, 2.05) is 18.2 Å². The normalized spacial score (nSPS) is 10.8. The van der Waals surface area contributed by atoms with Crippen LogP contribution in [0.3, 0.4) is 0 Å². The number of carbonyl (C=O) groups is 1. The Morgan fingerprint density at radius 3 is 2.74 bits per heavy atom. The predicted octanol–water partition coefficient (Wildman–Crippen LogP) is 3.39. The zero-order chi connectivity index (χ0) is 13.4. The van der Waals surface area contributed by atoms with Crippen molar-refractivity contribution < 1.29 is 4.79 Å². The highest BCUT2D eigenvalue weighted by Gasteiger charge is 2.05. The second-order valence-corrected chi connectivity index (χ2v) is 4.62. The van der Waals surface area contributed by atoms with Crippen LogP contribution in [0.2, 0.25) is 5.02 Å². The van der Waals surface area contributed by atoms with Crippen molar-refractivity contribution in [2.75, 3.05) is 5.32 Å². The molecular weight excluding hydrogens is 262 g/mol. The van der Waals surface area contributed by atoms with Crippen LogP contribution in [0.1, 0.15) is 6.92 Å². The van der Waals surface area contributed by atoms with Gasteiger partial charge in [-0.25, -0.2) is 9.97 Å². The zero-order valence-corrected chi connectivity index (χ0v) is 10.9. The van der Waals surface area contributed by atoms with E-state index >= 15 is 0 Å². The summed E-state index contributed by atoms with van der Waals surface area (Å²) in [5.41, 5.74) is 3.59. The fourth-order valence-electron chi connectivity index (χ4n) is 1.94. The lowest BCUT2D eigenvalue weighted by atomic mass is 10.2. The van der Waals surface area contributed by atoms with Crippen molar-refractivity contribution in [1.29, 1.82) is 0 Å². The molecule has 0 aliphatic rings. The Balaban J connectivity index is 2.23. The molecule has 4 nitrogen and oxygen atoms in total. The van der Waals surface area contributed by atoms with E-state index < -0.39 is 0 Å². The van der Waals surface area contributed by atoms with Gasteiger partial charge in [0, 0.05) is 12.6 Å². The number of fused-ring (bicyclic) bond motifs is 2. The summed E-state index contributed by atoms with van der Waals surface area (Å²) in [7, 11) is 0. The van der Waals surface area contributed by atoms with E-state index in [2.05, 4.69) is 15.3 Å². The largest absolute Gasteiger partial charge is 0.326 e. The first kappa shape index (κ1) is 11.9. The number of halogens is 1. The molecule has 1 aromatic heterocycles. The van der Waals surface area contributed by atoms with Gasteiger partial charge in [0.25, 0.3) is 0 Å². The Kier molecular flexibility index (Phi) is 2.80. The summed E-state index contributed by atoms with van der Waals surface area (Å²) in [5, 5.41) is 3.30. The number of carbonyl (C=O) groups excluding carboxylic acids is 1. The molecule has 0 aliphatic carbocycles. The van der Waals surface area contributed by atoms with Gasteiger partial charge in [0.2, 0.25) is 5.91 Å². The summed E-state index contributed by atoms with van der Waals surface area (Å²) in [4.78, 5) is 20.0. The summed E-state index contributed by atoms with van der Waals surface area (Å²) in [6.45, 7) is 1.47. The molecule has 0 saturated heterocycles. The lowest BCUT2D eigenvalue weighted by molar-refractivity contribution is -0.114. The topological polar surface area (TPSA) is 54.9 Å². The number of aromatic nitrogens is 2. The van der Waals surface area contributed by atoms with E-state index in [1.165, 1.54) is 6.92 Å². The van der Waals surface area contributed by atoms with Crippen LogP contribution in [0.25, 0.3) is 22.1 Å². The van der Waals surface area contributed by atoms with Crippen LogP contribution in [0, 0.1) is 0 Å². The Bertz CT molecular complexity index is 801. The van der Waals surface area contributed by atoms with E-state index in [0.29, 0.717) is 16.2 Å². The van der Waals surface area contributed by atoms with E-state index in [0.717, 1.165) is 16.6 Å². The van der Waals surface area contributed by atoms with Gasteiger partial charge in [0.1, 0.15) is 5.52 Å². The molecule has 2 aromatic carbocycles. The van der Waals surface area contributed by atoms with Gasteiger partial charge < -0.3 is 5.32 Å². The van der Waals surface area contributed by atoms with Gasteiger partial charge in [0.15, 0.2) is 0 Å². The summed E-state index contributed by atoms with van der Waals surface area (Å²) in [6, 6.07) is 10.9. The molecular formula is C14H10ClN3O. The van der Waals surface area contributed by atoms with Crippen LogP contribution in [0.15, 0.2) is 36.4 Å². The summed E-state index contributed by atoms with van der Waals surface area (Å²) >= 11 is 6.10. The molecule has 0 spiro atoms. The van der Waals surface area contributed by atoms with Gasteiger partial charge in [0.05, 0.1) is 21.6 Å². The minimum atomic E-state index is -0.115. The van der Waals surface area contributed by atoms with Gasteiger partial charge in [-0.15, -0.1) is 0 Å². The summed E-state index contributed by atoms with van der Waals surface area (Å²) in [5.74, 6) is -0.115.